The number of carbonyl (C=O) groups excluding carboxylic acids is 1. The van der Waals surface area contributed by atoms with Gasteiger partial charge in [-0.25, -0.2) is 0 Å². The second-order valence-corrected chi connectivity index (χ2v) is 5.74. The Balaban J connectivity index is 2.03. The van der Waals surface area contributed by atoms with Crippen molar-refractivity contribution < 1.29 is 14.3 Å². The predicted molar refractivity (Wildman–Crippen MR) is 83.3 cm³/mol. The summed E-state index contributed by atoms with van der Waals surface area (Å²) in [7, 11) is 1.65. The van der Waals surface area contributed by atoms with Crippen molar-refractivity contribution in [1.29, 1.82) is 0 Å². The molecule has 0 saturated carbocycles. The van der Waals surface area contributed by atoms with Gasteiger partial charge in [0, 0.05) is 31.6 Å². The minimum atomic E-state index is 0.216. The quantitative estimate of drug-likeness (QED) is 0.755. The zero-order valence-electron chi connectivity index (χ0n) is 13.2. The first kappa shape index (κ1) is 16.0. The molecule has 0 aliphatic carbocycles. The lowest BCUT2D eigenvalue weighted by Crippen LogP contribution is -2.37. The smallest absolute Gasteiger partial charge is 0.164 e. The number of carbonyl (C=O) groups is 1. The van der Waals surface area contributed by atoms with Gasteiger partial charge in [0.15, 0.2) is 5.78 Å². The lowest BCUT2D eigenvalue weighted by Gasteiger charge is -2.26. The summed E-state index contributed by atoms with van der Waals surface area (Å²) in [6.07, 6.45) is 0.562. The van der Waals surface area contributed by atoms with Crippen LogP contribution in [-0.2, 0) is 4.74 Å². The number of benzene rings is 1. The first-order valence-corrected chi connectivity index (χ1v) is 7.63. The molecular weight excluding hydrogens is 266 g/mol. The van der Waals surface area contributed by atoms with E-state index >= 15 is 0 Å². The molecule has 0 radical (unpaired) electrons. The summed E-state index contributed by atoms with van der Waals surface area (Å²) in [4.78, 5) is 14.8. The molecule has 1 aromatic carbocycles. The van der Waals surface area contributed by atoms with Crippen molar-refractivity contribution in [2.45, 2.75) is 26.2 Å². The monoisotopic (exact) mass is 291 g/mol. The molecule has 1 fully saturated rings. The topological polar surface area (TPSA) is 38.8 Å². The van der Waals surface area contributed by atoms with Crippen LogP contribution in [0.5, 0.6) is 5.75 Å². The second kappa shape index (κ2) is 7.57. The van der Waals surface area contributed by atoms with Crippen LogP contribution in [0, 0.1) is 0 Å². The van der Waals surface area contributed by atoms with Gasteiger partial charge in [0.25, 0.3) is 0 Å². The molecule has 0 aromatic heterocycles. The van der Waals surface area contributed by atoms with Crippen LogP contribution in [0.1, 0.15) is 42.1 Å². The van der Waals surface area contributed by atoms with Gasteiger partial charge in [0.1, 0.15) is 5.75 Å². The molecule has 0 atom stereocenters. The van der Waals surface area contributed by atoms with Crippen LogP contribution in [0.2, 0.25) is 0 Å². The highest BCUT2D eigenvalue weighted by molar-refractivity contribution is 5.98. The van der Waals surface area contributed by atoms with E-state index in [0.717, 1.165) is 49.7 Å². The maximum atomic E-state index is 12.5. The van der Waals surface area contributed by atoms with E-state index < -0.39 is 0 Å². The third-order valence-electron chi connectivity index (χ3n) is 3.94. The zero-order chi connectivity index (χ0) is 15.2. The van der Waals surface area contributed by atoms with E-state index in [0.29, 0.717) is 12.3 Å². The van der Waals surface area contributed by atoms with Crippen molar-refractivity contribution in [3.63, 3.8) is 0 Å². The van der Waals surface area contributed by atoms with Gasteiger partial charge >= 0.3 is 0 Å². The van der Waals surface area contributed by atoms with Gasteiger partial charge in [-0.2, -0.15) is 0 Å². The number of nitrogens with zero attached hydrogens (tertiary/aromatic N) is 1. The molecule has 2 rings (SSSR count). The SMILES string of the molecule is COc1ccc(C(=O)CCN2CCOCC2)c(C(C)C)c1. The maximum Gasteiger partial charge on any atom is 0.164 e. The van der Waals surface area contributed by atoms with E-state index in [2.05, 4.69) is 18.7 Å². The molecule has 21 heavy (non-hydrogen) atoms. The largest absolute Gasteiger partial charge is 0.497 e. The highest BCUT2D eigenvalue weighted by Crippen LogP contribution is 2.25. The van der Waals surface area contributed by atoms with Crippen molar-refractivity contribution in [2.24, 2.45) is 0 Å². The minimum absolute atomic E-state index is 0.216. The Kier molecular flexibility index (Phi) is 5.76. The number of methoxy groups -OCH3 is 1. The molecule has 1 aliphatic heterocycles. The lowest BCUT2D eigenvalue weighted by atomic mass is 9.93. The highest BCUT2D eigenvalue weighted by Gasteiger charge is 2.17. The van der Waals surface area contributed by atoms with Crippen LogP contribution < -0.4 is 4.74 Å². The summed E-state index contributed by atoms with van der Waals surface area (Å²) in [6.45, 7) is 8.41. The van der Waals surface area contributed by atoms with Crippen LogP contribution in [0.25, 0.3) is 0 Å². The molecule has 0 amide bonds. The Morgan fingerprint density at radius 2 is 2.05 bits per heavy atom. The number of Topliss-reactive ketones (excluding diaryl/α,β-unsaturated/α-hetero) is 1. The molecular formula is C17H25NO3. The second-order valence-electron chi connectivity index (χ2n) is 5.74. The number of ketones is 1. The Morgan fingerprint density at radius 3 is 2.67 bits per heavy atom. The minimum Gasteiger partial charge on any atom is -0.497 e. The summed E-state index contributed by atoms with van der Waals surface area (Å²) in [6, 6.07) is 5.75. The van der Waals surface area contributed by atoms with Crippen molar-refractivity contribution in [3.8, 4) is 5.75 Å². The van der Waals surface area contributed by atoms with Crippen LogP contribution in [0.3, 0.4) is 0 Å². The summed E-state index contributed by atoms with van der Waals surface area (Å²) < 4.78 is 10.6. The molecule has 0 spiro atoms. The molecule has 1 saturated heterocycles. The molecule has 0 N–H and O–H groups in total. The lowest BCUT2D eigenvalue weighted by molar-refractivity contribution is 0.0370. The van der Waals surface area contributed by atoms with E-state index in [4.69, 9.17) is 9.47 Å². The normalized spacial score (nSPS) is 16.2. The van der Waals surface area contributed by atoms with Crippen LogP contribution in [0.4, 0.5) is 0 Å². The highest BCUT2D eigenvalue weighted by atomic mass is 16.5. The van der Waals surface area contributed by atoms with Gasteiger partial charge in [-0.15, -0.1) is 0 Å². The van der Waals surface area contributed by atoms with Gasteiger partial charge in [-0.1, -0.05) is 13.8 Å². The number of hydrogen-bond donors (Lipinski definition) is 0. The van der Waals surface area contributed by atoms with Crippen LogP contribution >= 0.6 is 0 Å². The van der Waals surface area contributed by atoms with Crippen molar-refractivity contribution in [1.82, 2.24) is 4.90 Å². The van der Waals surface area contributed by atoms with E-state index in [9.17, 15) is 4.79 Å². The summed E-state index contributed by atoms with van der Waals surface area (Å²) in [5.74, 6) is 1.33. The maximum absolute atomic E-state index is 12.5. The number of morpholine rings is 1. The third kappa shape index (κ3) is 4.29. The standard InChI is InChI=1S/C17H25NO3/c1-13(2)16-12-14(20-3)4-5-15(16)17(19)6-7-18-8-10-21-11-9-18/h4-5,12-13H,6-11H2,1-3H3. The molecule has 0 bridgehead atoms. The third-order valence-corrected chi connectivity index (χ3v) is 3.94. The Labute approximate surface area is 127 Å². The first-order valence-electron chi connectivity index (χ1n) is 7.63. The van der Waals surface area contributed by atoms with Gasteiger partial charge in [-0.3, -0.25) is 9.69 Å². The number of ether oxygens (including phenoxy) is 2. The fraction of sp³-hybridized carbons (Fsp3) is 0.588. The average Bonchev–Trinajstić information content (AvgIpc) is 2.52. The van der Waals surface area contributed by atoms with E-state index in [1.54, 1.807) is 7.11 Å². The van der Waals surface area contributed by atoms with Crippen molar-refractivity contribution in [3.05, 3.63) is 29.3 Å². The molecule has 4 nitrogen and oxygen atoms in total. The zero-order valence-corrected chi connectivity index (χ0v) is 13.2. The summed E-state index contributed by atoms with van der Waals surface area (Å²) in [5.41, 5.74) is 1.90. The first-order chi connectivity index (χ1) is 10.1. The number of hydrogen-bond acceptors (Lipinski definition) is 4. The molecule has 0 unspecified atom stereocenters. The van der Waals surface area contributed by atoms with Gasteiger partial charge < -0.3 is 9.47 Å². The van der Waals surface area contributed by atoms with Crippen molar-refractivity contribution >= 4 is 5.78 Å². The predicted octanol–water partition coefficient (Wildman–Crippen LogP) is 2.72. The summed E-state index contributed by atoms with van der Waals surface area (Å²) >= 11 is 0. The van der Waals surface area contributed by atoms with E-state index in [1.807, 2.05) is 18.2 Å². The molecule has 4 heteroatoms. The number of rotatable bonds is 6. The molecule has 1 aliphatic rings. The molecule has 116 valence electrons. The average molecular weight is 291 g/mol. The Hall–Kier alpha value is -1.39. The Morgan fingerprint density at radius 1 is 1.33 bits per heavy atom. The van der Waals surface area contributed by atoms with E-state index in [-0.39, 0.29) is 5.78 Å². The van der Waals surface area contributed by atoms with Gasteiger partial charge in [-0.05, 0) is 29.7 Å². The Bertz CT molecular complexity index is 479. The van der Waals surface area contributed by atoms with E-state index in [1.165, 1.54) is 0 Å². The van der Waals surface area contributed by atoms with Gasteiger partial charge in [0.2, 0.25) is 0 Å². The fourth-order valence-corrected chi connectivity index (χ4v) is 2.62. The van der Waals surface area contributed by atoms with Crippen LogP contribution in [0.15, 0.2) is 18.2 Å². The van der Waals surface area contributed by atoms with Gasteiger partial charge in [0.05, 0.1) is 20.3 Å². The van der Waals surface area contributed by atoms with Crippen molar-refractivity contribution in [2.75, 3.05) is 40.0 Å². The van der Waals surface area contributed by atoms with Crippen LogP contribution in [-0.4, -0.2) is 50.6 Å². The molecule has 1 heterocycles. The molecule has 1 aromatic rings. The summed E-state index contributed by atoms with van der Waals surface area (Å²) in [5, 5.41) is 0. The fourth-order valence-electron chi connectivity index (χ4n) is 2.62.